The van der Waals surface area contributed by atoms with Crippen LogP contribution in [0, 0.1) is 12.7 Å². The maximum absolute atomic E-state index is 13.4. The van der Waals surface area contributed by atoms with Crippen molar-refractivity contribution >= 4 is 0 Å². The van der Waals surface area contributed by atoms with Crippen LogP contribution < -0.4 is 5.32 Å². The van der Waals surface area contributed by atoms with Crippen LogP contribution in [0.1, 0.15) is 37.4 Å². The molecule has 96 valence electrons. The monoisotopic (exact) mass is 239 g/mol. The van der Waals surface area contributed by atoms with E-state index in [1.54, 1.807) is 19.2 Å². The van der Waals surface area contributed by atoms with Crippen LogP contribution >= 0.6 is 0 Å². The minimum atomic E-state index is -0.340. The summed E-state index contributed by atoms with van der Waals surface area (Å²) in [5.41, 5.74) is 1.69. The molecule has 0 heterocycles. The first-order chi connectivity index (χ1) is 7.98. The molecule has 1 aromatic rings. The fourth-order valence-electron chi connectivity index (χ4n) is 2.18. The van der Waals surface area contributed by atoms with Crippen LogP contribution in [0.15, 0.2) is 18.2 Å². The predicted molar refractivity (Wildman–Crippen MR) is 68.6 cm³/mol. The number of likely N-dealkylation sites (N-methyl/N-ethyl adjacent to an activating group) is 1. The van der Waals surface area contributed by atoms with Gasteiger partial charge in [-0.1, -0.05) is 13.0 Å². The fourth-order valence-corrected chi connectivity index (χ4v) is 2.18. The van der Waals surface area contributed by atoms with Gasteiger partial charge < -0.3 is 10.1 Å². The zero-order valence-electron chi connectivity index (χ0n) is 11.3. The Labute approximate surface area is 103 Å². The van der Waals surface area contributed by atoms with Crippen molar-refractivity contribution in [2.24, 2.45) is 0 Å². The minimum Gasteiger partial charge on any atom is -0.377 e. The molecule has 3 heteroatoms. The first-order valence-electron chi connectivity index (χ1n) is 5.97. The highest BCUT2D eigenvalue weighted by Crippen LogP contribution is 2.33. The highest BCUT2D eigenvalue weighted by molar-refractivity contribution is 5.31. The zero-order valence-corrected chi connectivity index (χ0v) is 11.3. The van der Waals surface area contributed by atoms with Crippen LogP contribution in [-0.4, -0.2) is 19.8 Å². The average Bonchev–Trinajstić information content (AvgIpc) is 2.34. The number of halogens is 1. The summed E-state index contributed by atoms with van der Waals surface area (Å²) in [7, 11) is 3.57. The number of hydrogen-bond acceptors (Lipinski definition) is 2. The van der Waals surface area contributed by atoms with Crippen LogP contribution in [0.3, 0.4) is 0 Å². The number of benzene rings is 1. The lowest BCUT2D eigenvalue weighted by atomic mass is 9.85. The fraction of sp³-hybridized carbons (Fsp3) is 0.571. The van der Waals surface area contributed by atoms with Gasteiger partial charge in [0.25, 0.3) is 0 Å². The van der Waals surface area contributed by atoms with Gasteiger partial charge in [0, 0.05) is 7.11 Å². The van der Waals surface area contributed by atoms with Crippen molar-refractivity contribution < 1.29 is 9.13 Å². The normalized spacial score (nSPS) is 16.6. The molecule has 17 heavy (non-hydrogen) atoms. The second-order valence-corrected chi connectivity index (χ2v) is 4.59. The molecule has 0 saturated heterocycles. The highest BCUT2D eigenvalue weighted by Gasteiger charge is 2.33. The Bertz CT molecular complexity index is 374. The Morgan fingerprint density at radius 3 is 2.59 bits per heavy atom. The van der Waals surface area contributed by atoms with E-state index in [0.717, 1.165) is 17.5 Å². The van der Waals surface area contributed by atoms with E-state index in [1.165, 1.54) is 6.07 Å². The Kier molecular flexibility index (Phi) is 4.66. The van der Waals surface area contributed by atoms with E-state index in [-0.39, 0.29) is 17.5 Å². The number of rotatable bonds is 5. The number of hydrogen-bond donors (Lipinski definition) is 1. The summed E-state index contributed by atoms with van der Waals surface area (Å²) in [6, 6.07) is 4.86. The standard InChI is InChI=1S/C14H22FNO/c1-6-14(3,17-5)13(16-4)12-9-11(15)8-7-10(12)2/h7-9,13,16H,6H2,1-5H3. The van der Waals surface area contributed by atoms with E-state index in [1.807, 2.05) is 20.9 Å². The molecular formula is C14H22FNO. The average molecular weight is 239 g/mol. The number of nitrogens with one attached hydrogen (secondary N) is 1. The minimum absolute atomic E-state index is 0.0202. The summed E-state index contributed by atoms with van der Waals surface area (Å²) >= 11 is 0. The maximum Gasteiger partial charge on any atom is 0.123 e. The predicted octanol–water partition coefficient (Wildman–Crippen LogP) is 3.21. The molecule has 2 unspecified atom stereocenters. The molecule has 0 aliphatic heterocycles. The molecular weight excluding hydrogens is 217 g/mol. The van der Waals surface area contributed by atoms with E-state index < -0.39 is 0 Å². The van der Waals surface area contributed by atoms with E-state index >= 15 is 0 Å². The Hall–Kier alpha value is -0.930. The first-order valence-corrected chi connectivity index (χ1v) is 5.97. The lowest BCUT2D eigenvalue weighted by molar-refractivity contribution is -0.0282. The van der Waals surface area contributed by atoms with Crippen molar-refractivity contribution in [1.29, 1.82) is 0 Å². The van der Waals surface area contributed by atoms with E-state index in [2.05, 4.69) is 12.2 Å². The van der Waals surface area contributed by atoms with Gasteiger partial charge in [-0.25, -0.2) is 4.39 Å². The molecule has 1 aromatic carbocycles. The molecule has 0 saturated carbocycles. The summed E-state index contributed by atoms with van der Waals surface area (Å²) in [6.45, 7) is 6.10. The van der Waals surface area contributed by atoms with Crippen molar-refractivity contribution in [3.05, 3.63) is 35.1 Å². The second kappa shape index (κ2) is 5.61. The summed E-state index contributed by atoms with van der Waals surface area (Å²) < 4.78 is 19.0. The highest BCUT2D eigenvalue weighted by atomic mass is 19.1. The van der Waals surface area contributed by atoms with Gasteiger partial charge in [-0.3, -0.25) is 0 Å². The molecule has 0 amide bonds. The van der Waals surface area contributed by atoms with Crippen LogP contribution in [0.25, 0.3) is 0 Å². The smallest absolute Gasteiger partial charge is 0.123 e. The van der Waals surface area contributed by atoms with E-state index in [9.17, 15) is 4.39 Å². The van der Waals surface area contributed by atoms with Crippen molar-refractivity contribution in [3.63, 3.8) is 0 Å². The quantitative estimate of drug-likeness (QED) is 0.852. The molecule has 1 N–H and O–H groups in total. The van der Waals surface area contributed by atoms with Crippen LogP contribution in [0.2, 0.25) is 0 Å². The lowest BCUT2D eigenvalue weighted by Gasteiger charge is -2.36. The van der Waals surface area contributed by atoms with Gasteiger partial charge in [0.1, 0.15) is 5.82 Å². The Morgan fingerprint density at radius 1 is 1.47 bits per heavy atom. The first kappa shape index (κ1) is 14.1. The number of aryl methyl sites for hydroxylation is 1. The molecule has 0 aromatic heterocycles. The molecule has 0 aliphatic rings. The van der Waals surface area contributed by atoms with Gasteiger partial charge >= 0.3 is 0 Å². The van der Waals surface area contributed by atoms with Crippen molar-refractivity contribution in [3.8, 4) is 0 Å². The third kappa shape index (κ3) is 2.85. The number of ether oxygens (including phenoxy) is 1. The summed E-state index contributed by atoms with van der Waals surface area (Å²) in [5.74, 6) is -0.208. The largest absolute Gasteiger partial charge is 0.377 e. The van der Waals surface area contributed by atoms with Crippen molar-refractivity contribution in [2.75, 3.05) is 14.2 Å². The zero-order chi connectivity index (χ0) is 13.1. The van der Waals surface area contributed by atoms with Crippen LogP contribution in [0.4, 0.5) is 4.39 Å². The Morgan fingerprint density at radius 2 is 2.12 bits per heavy atom. The van der Waals surface area contributed by atoms with Gasteiger partial charge in [-0.15, -0.1) is 0 Å². The Balaban J connectivity index is 3.21. The summed E-state index contributed by atoms with van der Waals surface area (Å²) in [6.07, 6.45) is 0.852. The molecule has 0 spiro atoms. The molecule has 1 rings (SSSR count). The summed E-state index contributed by atoms with van der Waals surface area (Å²) in [4.78, 5) is 0. The SMILES string of the molecule is CCC(C)(OC)C(NC)c1cc(F)ccc1C. The molecule has 0 bridgehead atoms. The second-order valence-electron chi connectivity index (χ2n) is 4.59. The van der Waals surface area contributed by atoms with Gasteiger partial charge in [-0.05, 0) is 50.6 Å². The van der Waals surface area contributed by atoms with E-state index in [4.69, 9.17) is 4.74 Å². The van der Waals surface area contributed by atoms with Crippen molar-refractivity contribution in [1.82, 2.24) is 5.32 Å². The molecule has 0 aliphatic carbocycles. The third-order valence-electron chi connectivity index (χ3n) is 3.62. The molecule has 2 nitrogen and oxygen atoms in total. The third-order valence-corrected chi connectivity index (χ3v) is 3.62. The summed E-state index contributed by atoms with van der Waals surface area (Å²) in [5, 5.41) is 3.24. The van der Waals surface area contributed by atoms with Crippen molar-refractivity contribution in [2.45, 2.75) is 38.8 Å². The molecule has 0 radical (unpaired) electrons. The number of methoxy groups -OCH3 is 1. The maximum atomic E-state index is 13.4. The van der Waals surface area contributed by atoms with Crippen LogP contribution in [0.5, 0.6) is 0 Å². The van der Waals surface area contributed by atoms with Gasteiger partial charge in [0.15, 0.2) is 0 Å². The molecule has 0 fully saturated rings. The van der Waals surface area contributed by atoms with Crippen LogP contribution in [-0.2, 0) is 4.74 Å². The van der Waals surface area contributed by atoms with Gasteiger partial charge in [-0.2, -0.15) is 0 Å². The lowest BCUT2D eigenvalue weighted by Crippen LogP contribution is -2.41. The van der Waals surface area contributed by atoms with Gasteiger partial charge in [0.05, 0.1) is 11.6 Å². The van der Waals surface area contributed by atoms with E-state index in [0.29, 0.717) is 0 Å². The topological polar surface area (TPSA) is 21.3 Å². The van der Waals surface area contributed by atoms with Gasteiger partial charge in [0.2, 0.25) is 0 Å². The molecule has 2 atom stereocenters.